The van der Waals surface area contributed by atoms with Crippen molar-refractivity contribution in [3.8, 4) is 0 Å². The maximum absolute atomic E-state index is 12.4. The number of anilines is 1. The van der Waals surface area contributed by atoms with Gasteiger partial charge in [-0.05, 0) is 42.9 Å². The highest BCUT2D eigenvalue weighted by molar-refractivity contribution is 8.00. The van der Waals surface area contributed by atoms with Gasteiger partial charge >= 0.3 is 6.18 Å². The van der Waals surface area contributed by atoms with Crippen molar-refractivity contribution in [2.45, 2.75) is 25.3 Å². The second-order valence-corrected chi connectivity index (χ2v) is 6.20. The van der Waals surface area contributed by atoms with Gasteiger partial charge in [-0.3, -0.25) is 4.79 Å². The summed E-state index contributed by atoms with van der Waals surface area (Å²) in [6.45, 7) is 3.64. The van der Waals surface area contributed by atoms with Gasteiger partial charge in [-0.2, -0.15) is 13.2 Å². The molecule has 2 N–H and O–H groups in total. The average molecular weight is 321 g/mol. The molecule has 2 unspecified atom stereocenters. The number of aliphatic hydroxyl groups is 1. The van der Waals surface area contributed by atoms with Crippen LogP contribution in [0.15, 0.2) is 24.3 Å². The van der Waals surface area contributed by atoms with E-state index in [0.29, 0.717) is 11.4 Å². The number of nitrogens with one attached hydrogen (secondary N) is 1. The van der Waals surface area contributed by atoms with Crippen LogP contribution in [0.1, 0.15) is 19.4 Å². The molecule has 0 aliphatic carbocycles. The Bertz CT molecular complexity index is 462. The molecule has 0 spiro atoms. The van der Waals surface area contributed by atoms with Gasteiger partial charge in [-0.15, -0.1) is 11.8 Å². The van der Waals surface area contributed by atoms with Crippen LogP contribution in [0.5, 0.6) is 0 Å². The minimum atomic E-state index is -4.38. The zero-order chi connectivity index (χ0) is 16.0. The first kappa shape index (κ1) is 17.8. The topological polar surface area (TPSA) is 49.3 Å². The Morgan fingerprint density at radius 1 is 1.29 bits per heavy atom. The van der Waals surface area contributed by atoms with Crippen LogP contribution in [-0.2, 0) is 11.0 Å². The van der Waals surface area contributed by atoms with E-state index in [-0.39, 0.29) is 23.7 Å². The predicted octanol–water partition coefficient (Wildman–Crippen LogP) is 3.39. The molecule has 1 amide bonds. The SMILES string of the molecule is CC(CO)CSC(C)C(=O)Nc1ccc(C(F)(F)F)cc1. The lowest BCUT2D eigenvalue weighted by Crippen LogP contribution is -2.23. The predicted molar refractivity (Wildman–Crippen MR) is 78.2 cm³/mol. The Kier molecular flexibility index (Phi) is 6.54. The molecule has 1 aromatic carbocycles. The quantitative estimate of drug-likeness (QED) is 0.844. The summed E-state index contributed by atoms with van der Waals surface area (Å²) >= 11 is 1.39. The van der Waals surface area contributed by atoms with E-state index in [9.17, 15) is 18.0 Å². The highest BCUT2D eigenvalue weighted by atomic mass is 32.2. The number of rotatable bonds is 6. The maximum Gasteiger partial charge on any atom is 0.416 e. The molecule has 0 saturated carbocycles. The third kappa shape index (κ3) is 5.97. The molecule has 1 rings (SSSR count). The van der Waals surface area contributed by atoms with Crippen molar-refractivity contribution < 1.29 is 23.1 Å². The van der Waals surface area contributed by atoms with Gasteiger partial charge < -0.3 is 10.4 Å². The van der Waals surface area contributed by atoms with Crippen molar-refractivity contribution in [1.29, 1.82) is 0 Å². The monoisotopic (exact) mass is 321 g/mol. The number of benzene rings is 1. The van der Waals surface area contributed by atoms with E-state index >= 15 is 0 Å². The number of hydrogen-bond donors (Lipinski definition) is 2. The summed E-state index contributed by atoms with van der Waals surface area (Å²) < 4.78 is 37.2. The zero-order valence-electron chi connectivity index (χ0n) is 11.8. The molecule has 7 heteroatoms. The number of aliphatic hydroxyl groups excluding tert-OH is 1. The minimum absolute atomic E-state index is 0.0558. The van der Waals surface area contributed by atoms with Gasteiger partial charge in [0.1, 0.15) is 0 Å². The molecular weight excluding hydrogens is 303 g/mol. The first-order valence-electron chi connectivity index (χ1n) is 6.44. The molecule has 0 aromatic heterocycles. The molecule has 21 heavy (non-hydrogen) atoms. The Morgan fingerprint density at radius 2 is 1.86 bits per heavy atom. The number of hydrogen-bond acceptors (Lipinski definition) is 3. The third-order valence-corrected chi connectivity index (χ3v) is 4.27. The standard InChI is InChI=1S/C14H18F3NO2S/c1-9(7-19)8-21-10(2)13(20)18-12-5-3-11(4-6-12)14(15,16)17/h3-6,9-10,19H,7-8H2,1-2H3,(H,18,20). The van der Waals surface area contributed by atoms with E-state index in [0.717, 1.165) is 12.1 Å². The fourth-order valence-electron chi connectivity index (χ4n) is 1.42. The van der Waals surface area contributed by atoms with Gasteiger partial charge in [0.25, 0.3) is 0 Å². The summed E-state index contributed by atoms with van der Waals surface area (Å²) in [7, 11) is 0. The highest BCUT2D eigenvalue weighted by Gasteiger charge is 2.30. The van der Waals surface area contributed by atoms with Gasteiger partial charge in [0.15, 0.2) is 0 Å². The number of thioether (sulfide) groups is 1. The van der Waals surface area contributed by atoms with E-state index in [1.165, 1.54) is 23.9 Å². The lowest BCUT2D eigenvalue weighted by Gasteiger charge is -2.14. The normalized spacial score (nSPS) is 14.6. The van der Waals surface area contributed by atoms with Gasteiger partial charge in [0.2, 0.25) is 5.91 Å². The second kappa shape index (κ2) is 7.70. The Labute approximate surface area is 125 Å². The molecule has 0 aliphatic heterocycles. The molecule has 1 aromatic rings. The molecule has 2 atom stereocenters. The fourth-order valence-corrected chi connectivity index (χ4v) is 2.36. The van der Waals surface area contributed by atoms with E-state index < -0.39 is 11.7 Å². The van der Waals surface area contributed by atoms with Crippen molar-refractivity contribution in [1.82, 2.24) is 0 Å². The zero-order valence-corrected chi connectivity index (χ0v) is 12.6. The first-order valence-corrected chi connectivity index (χ1v) is 7.49. The summed E-state index contributed by atoms with van der Waals surface area (Å²) in [5.74, 6) is 0.458. The number of halogens is 3. The van der Waals surface area contributed by atoms with E-state index in [4.69, 9.17) is 5.11 Å². The van der Waals surface area contributed by atoms with Crippen LogP contribution in [0.25, 0.3) is 0 Å². The smallest absolute Gasteiger partial charge is 0.396 e. The van der Waals surface area contributed by atoms with Crippen LogP contribution in [0, 0.1) is 5.92 Å². The highest BCUT2D eigenvalue weighted by Crippen LogP contribution is 2.30. The molecule has 0 saturated heterocycles. The molecular formula is C14H18F3NO2S. The Balaban J connectivity index is 2.54. The van der Waals surface area contributed by atoms with E-state index in [1.54, 1.807) is 6.92 Å². The molecule has 0 radical (unpaired) electrons. The Hall–Kier alpha value is -1.21. The molecule has 3 nitrogen and oxygen atoms in total. The van der Waals surface area contributed by atoms with Gasteiger partial charge in [-0.1, -0.05) is 6.92 Å². The Morgan fingerprint density at radius 3 is 2.33 bits per heavy atom. The van der Waals surface area contributed by atoms with Crippen molar-refractivity contribution in [2.24, 2.45) is 5.92 Å². The minimum Gasteiger partial charge on any atom is -0.396 e. The van der Waals surface area contributed by atoms with Crippen molar-refractivity contribution in [3.63, 3.8) is 0 Å². The average Bonchev–Trinajstić information content (AvgIpc) is 2.43. The van der Waals surface area contributed by atoms with Crippen molar-refractivity contribution in [2.75, 3.05) is 17.7 Å². The first-order chi connectivity index (χ1) is 9.74. The van der Waals surface area contributed by atoms with Crippen molar-refractivity contribution >= 4 is 23.4 Å². The second-order valence-electron chi connectivity index (χ2n) is 4.83. The van der Waals surface area contributed by atoms with Crippen molar-refractivity contribution in [3.05, 3.63) is 29.8 Å². The van der Waals surface area contributed by atoms with Gasteiger partial charge in [0, 0.05) is 12.3 Å². The summed E-state index contributed by atoms with van der Waals surface area (Å²) in [4.78, 5) is 11.9. The lowest BCUT2D eigenvalue weighted by atomic mass is 10.2. The number of alkyl halides is 3. The van der Waals surface area contributed by atoms with Gasteiger partial charge in [0.05, 0.1) is 10.8 Å². The van der Waals surface area contributed by atoms with Crippen LogP contribution in [0.3, 0.4) is 0 Å². The fraction of sp³-hybridized carbons (Fsp3) is 0.500. The van der Waals surface area contributed by atoms with E-state index in [2.05, 4.69) is 5.32 Å². The van der Waals surface area contributed by atoms with Crippen LogP contribution in [0.4, 0.5) is 18.9 Å². The number of amides is 1. The maximum atomic E-state index is 12.4. The van der Waals surface area contributed by atoms with Crippen LogP contribution in [-0.4, -0.2) is 28.6 Å². The van der Waals surface area contributed by atoms with Crippen LogP contribution < -0.4 is 5.32 Å². The lowest BCUT2D eigenvalue weighted by molar-refractivity contribution is -0.137. The largest absolute Gasteiger partial charge is 0.416 e. The van der Waals surface area contributed by atoms with Gasteiger partial charge in [-0.25, -0.2) is 0 Å². The molecule has 0 aliphatic rings. The van der Waals surface area contributed by atoms with Crippen LogP contribution >= 0.6 is 11.8 Å². The summed E-state index contributed by atoms with van der Waals surface area (Å²) in [5, 5.41) is 11.1. The summed E-state index contributed by atoms with van der Waals surface area (Å²) in [5.41, 5.74) is -0.421. The molecule has 0 bridgehead atoms. The molecule has 0 fully saturated rings. The number of carbonyl (C=O) groups excluding carboxylic acids is 1. The molecule has 0 heterocycles. The summed E-state index contributed by atoms with van der Waals surface area (Å²) in [6.07, 6.45) is -4.38. The molecule has 118 valence electrons. The number of carbonyl (C=O) groups is 1. The third-order valence-electron chi connectivity index (χ3n) is 2.79. The van der Waals surface area contributed by atoms with E-state index in [1.807, 2.05) is 6.92 Å². The summed E-state index contributed by atoms with van der Waals surface area (Å²) in [6, 6.07) is 4.32. The van der Waals surface area contributed by atoms with Crippen LogP contribution in [0.2, 0.25) is 0 Å².